The van der Waals surface area contributed by atoms with Crippen LogP contribution in [0.25, 0.3) is 0 Å². The lowest BCUT2D eigenvalue weighted by Crippen LogP contribution is -2.21. The van der Waals surface area contributed by atoms with Crippen LogP contribution in [0, 0.1) is 5.92 Å². The largest absolute Gasteiger partial charge is 0.496 e. The zero-order chi connectivity index (χ0) is 13.4. The lowest BCUT2D eigenvalue weighted by molar-refractivity contribution is 0.133. The number of ether oxygens (including phenoxy) is 2. The summed E-state index contributed by atoms with van der Waals surface area (Å²) < 4.78 is 11.2. The minimum atomic E-state index is 0.403. The standard InChI is InChI=1S/C15H22N2O2/c1-17-7-10(6-16)5-13(17)15-12-9-19-8-11(12)3-4-14(15)18-2/h3-4,10,13H,5-9,16H2,1-2H3. The Morgan fingerprint density at radius 3 is 2.95 bits per heavy atom. The van der Waals surface area contributed by atoms with Gasteiger partial charge in [0, 0.05) is 18.2 Å². The fourth-order valence-electron chi connectivity index (χ4n) is 3.41. The summed E-state index contributed by atoms with van der Waals surface area (Å²) in [6, 6.07) is 4.60. The highest BCUT2D eigenvalue weighted by Gasteiger charge is 2.34. The third-order valence-electron chi connectivity index (χ3n) is 4.44. The van der Waals surface area contributed by atoms with Gasteiger partial charge in [-0.2, -0.15) is 0 Å². The van der Waals surface area contributed by atoms with Crippen LogP contribution in [0.1, 0.15) is 29.2 Å². The molecule has 0 aliphatic carbocycles. The summed E-state index contributed by atoms with van der Waals surface area (Å²) in [6.07, 6.45) is 1.11. The van der Waals surface area contributed by atoms with Crippen molar-refractivity contribution < 1.29 is 9.47 Å². The second kappa shape index (κ2) is 5.12. The molecule has 104 valence electrons. The van der Waals surface area contributed by atoms with Crippen molar-refractivity contribution in [2.24, 2.45) is 11.7 Å². The Morgan fingerprint density at radius 2 is 2.26 bits per heavy atom. The molecule has 1 saturated heterocycles. The van der Waals surface area contributed by atoms with E-state index in [9.17, 15) is 0 Å². The van der Waals surface area contributed by atoms with Crippen LogP contribution in [0.4, 0.5) is 0 Å². The molecular weight excluding hydrogens is 240 g/mol. The van der Waals surface area contributed by atoms with Crippen LogP contribution in [-0.2, 0) is 18.0 Å². The normalized spacial score (nSPS) is 26.7. The van der Waals surface area contributed by atoms with Crippen LogP contribution in [-0.4, -0.2) is 32.1 Å². The molecule has 1 aromatic rings. The predicted molar refractivity (Wildman–Crippen MR) is 74.0 cm³/mol. The van der Waals surface area contributed by atoms with Crippen molar-refractivity contribution in [3.05, 3.63) is 28.8 Å². The van der Waals surface area contributed by atoms with Gasteiger partial charge in [-0.15, -0.1) is 0 Å². The molecule has 2 aliphatic heterocycles. The predicted octanol–water partition coefficient (Wildman–Crippen LogP) is 1.68. The number of hydrogen-bond donors (Lipinski definition) is 1. The maximum absolute atomic E-state index is 5.84. The summed E-state index contributed by atoms with van der Waals surface area (Å²) in [4.78, 5) is 2.40. The van der Waals surface area contributed by atoms with E-state index in [-0.39, 0.29) is 0 Å². The molecule has 3 rings (SSSR count). The van der Waals surface area contributed by atoms with E-state index < -0.39 is 0 Å². The van der Waals surface area contributed by atoms with Gasteiger partial charge in [0.1, 0.15) is 5.75 Å². The molecule has 2 aliphatic rings. The van der Waals surface area contributed by atoms with E-state index in [0.717, 1.165) is 31.9 Å². The van der Waals surface area contributed by atoms with Crippen LogP contribution >= 0.6 is 0 Å². The van der Waals surface area contributed by atoms with Crippen molar-refractivity contribution >= 4 is 0 Å². The molecule has 0 aromatic heterocycles. The van der Waals surface area contributed by atoms with Crippen molar-refractivity contribution in [2.75, 3.05) is 27.2 Å². The Bertz CT molecular complexity index is 475. The van der Waals surface area contributed by atoms with E-state index in [0.29, 0.717) is 18.6 Å². The number of nitrogens with two attached hydrogens (primary N) is 1. The first-order valence-electron chi connectivity index (χ1n) is 6.91. The van der Waals surface area contributed by atoms with Crippen molar-refractivity contribution in [2.45, 2.75) is 25.7 Å². The van der Waals surface area contributed by atoms with Gasteiger partial charge < -0.3 is 15.2 Å². The summed E-state index contributed by atoms with van der Waals surface area (Å²) in [5.41, 5.74) is 9.79. The maximum Gasteiger partial charge on any atom is 0.124 e. The van der Waals surface area contributed by atoms with Crippen LogP contribution in [0.2, 0.25) is 0 Å². The molecule has 1 aromatic carbocycles. The minimum absolute atomic E-state index is 0.403. The number of benzene rings is 1. The molecule has 1 fully saturated rings. The number of methoxy groups -OCH3 is 1. The Kier molecular flexibility index (Phi) is 3.48. The molecule has 0 saturated carbocycles. The van der Waals surface area contributed by atoms with Gasteiger partial charge in [-0.05, 0) is 43.1 Å². The lowest BCUT2D eigenvalue weighted by Gasteiger charge is -2.24. The number of nitrogens with zero attached hydrogens (tertiary/aromatic N) is 1. The van der Waals surface area contributed by atoms with Gasteiger partial charge in [0.05, 0.1) is 20.3 Å². The lowest BCUT2D eigenvalue weighted by atomic mass is 9.93. The first kappa shape index (κ1) is 12.9. The molecule has 0 spiro atoms. The van der Waals surface area contributed by atoms with Crippen molar-refractivity contribution in [3.8, 4) is 5.75 Å². The van der Waals surface area contributed by atoms with Gasteiger partial charge in [-0.25, -0.2) is 0 Å². The van der Waals surface area contributed by atoms with Gasteiger partial charge in [0.15, 0.2) is 0 Å². The van der Waals surface area contributed by atoms with Gasteiger partial charge in [0.25, 0.3) is 0 Å². The fraction of sp³-hybridized carbons (Fsp3) is 0.600. The molecule has 2 heterocycles. The van der Waals surface area contributed by atoms with Crippen LogP contribution in [0.15, 0.2) is 12.1 Å². The molecule has 4 heteroatoms. The average molecular weight is 262 g/mol. The molecule has 19 heavy (non-hydrogen) atoms. The van der Waals surface area contributed by atoms with Crippen molar-refractivity contribution in [1.82, 2.24) is 4.90 Å². The molecular formula is C15H22N2O2. The molecule has 0 amide bonds. The Hall–Kier alpha value is -1.10. The van der Waals surface area contributed by atoms with E-state index in [1.165, 1.54) is 16.7 Å². The highest BCUT2D eigenvalue weighted by Crippen LogP contribution is 2.42. The fourth-order valence-corrected chi connectivity index (χ4v) is 3.41. The smallest absolute Gasteiger partial charge is 0.124 e. The van der Waals surface area contributed by atoms with Crippen LogP contribution in [0.3, 0.4) is 0 Å². The van der Waals surface area contributed by atoms with Crippen LogP contribution < -0.4 is 10.5 Å². The third-order valence-corrected chi connectivity index (χ3v) is 4.44. The maximum atomic E-state index is 5.84. The van der Waals surface area contributed by atoms with Crippen molar-refractivity contribution in [1.29, 1.82) is 0 Å². The van der Waals surface area contributed by atoms with Gasteiger partial charge >= 0.3 is 0 Å². The highest BCUT2D eigenvalue weighted by molar-refractivity contribution is 5.48. The summed E-state index contributed by atoms with van der Waals surface area (Å²) in [5, 5.41) is 0. The molecule has 2 atom stereocenters. The van der Waals surface area contributed by atoms with E-state index in [1.54, 1.807) is 7.11 Å². The molecule has 4 nitrogen and oxygen atoms in total. The number of likely N-dealkylation sites (tertiary alicyclic amines) is 1. The average Bonchev–Trinajstić information content (AvgIpc) is 3.03. The zero-order valence-corrected chi connectivity index (χ0v) is 11.7. The summed E-state index contributed by atoms with van der Waals surface area (Å²) in [5.74, 6) is 1.57. The van der Waals surface area contributed by atoms with E-state index in [4.69, 9.17) is 15.2 Å². The second-order valence-corrected chi connectivity index (χ2v) is 5.60. The number of hydrogen-bond acceptors (Lipinski definition) is 4. The quantitative estimate of drug-likeness (QED) is 0.900. The first-order chi connectivity index (χ1) is 9.24. The van der Waals surface area contributed by atoms with Gasteiger partial charge in [-0.3, -0.25) is 4.90 Å². The molecule has 0 bridgehead atoms. The number of rotatable bonds is 3. The molecule has 0 radical (unpaired) electrons. The number of fused-ring (bicyclic) bond motifs is 1. The SMILES string of the molecule is COc1ccc2c(c1C1CC(CN)CN1C)COC2. The van der Waals surface area contributed by atoms with Crippen molar-refractivity contribution in [3.63, 3.8) is 0 Å². The second-order valence-electron chi connectivity index (χ2n) is 5.60. The van der Waals surface area contributed by atoms with E-state index in [2.05, 4.69) is 24.1 Å². The summed E-state index contributed by atoms with van der Waals surface area (Å²) >= 11 is 0. The Labute approximate surface area is 114 Å². The van der Waals surface area contributed by atoms with Gasteiger partial charge in [-0.1, -0.05) is 6.07 Å². The molecule has 2 N–H and O–H groups in total. The van der Waals surface area contributed by atoms with Crippen LogP contribution in [0.5, 0.6) is 5.75 Å². The zero-order valence-electron chi connectivity index (χ0n) is 11.7. The topological polar surface area (TPSA) is 47.7 Å². The summed E-state index contributed by atoms with van der Waals surface area (Å²) in [6.45, 7) is 3.26. The Morgan fingerprint density at radius 1 is 1.42 bits per heavy atom. The van der Waals surface area contributed by atoms with E-state index in [1.807, 2.05) is 0 Å². The Balaban J connectivity index is 2.02. The first-order valence-corrected chi connectivity index (χ1v) is 6.91. The highest BCUT2D eigenvalue weighted by atomic mass is 16.5. The minimum Gasteiger partial charge on any atom is -0.496 e. The van der Waals surface area contributed by atoms with Gasteiger partial charge in [0.2, 0.25) is 0 Å². The third kappa shape index (κ3) is 2.14. The summed E-state index contributed by atoms with van der Waals surface area (Å²) in [7, 11) is 3.92. The van der Waals surface area contributed by atoms with E-state index >= 15 is 0 Å². The molecule has 2 unspecified atom stereocenters. The monoisotopic (exact) mass is 262 g/mol.